The summed E-state index contributed by atoms with van der Waals surface area (Å²) < 4.78 is 12.2. The third-order valence-electron chi connectivity index (χ3n) is 8.65. The first kappa shape index (κ1) is 17.0. The molecule has 1 spiro atoms. The summed E-state index contributed by atoms with van der Waals surface area (Å²) in [6, 6.07) is 8.49. The Bertz CT molecular complexity index is 931. The summed E-state index contributed by atoms with van der Waals surface area (Å²) in [5.41, 5.74) is 1.10. The molecule has 0 unspecified atom stereocenters. The first-order valence-electron chi connectivity index (χ1n) is 10.1. The highest BCUT2D eigenvalue weighted by Gasteiger charge is 2.88. The number of allylic oxidation sites excluding steroid dienone is 1. The Morgan fingerprint density at radius 1 is 1.43 bits per heavy atom. The van der Waals surface area contributed by atoms with E-state index in [1.54, 1.807) is 0 Å². The van der Waals surface area contributed by atoms with Crippen molar-refractivity contribution in [3.05, 3.63) is 41.5 Å². The van der Waals surface area contributed by atoms with E-state index in [2.05, 4.69) is 35.1 Å². The minimum absolute atomic E-state index is 0.0485. The summed E-state index contributed by atoms with van der Waals surface area (Å²) in [7, 11) is 3.52. The molecule has 1 aliphatic carbocycles. The van der Waals surface area contributed by atoms with Crippen LogP contribution in [0, 0.1) is 11.3 Å². The maximum Gasteiger partial charge on any atom is 0.315 e. The molecule has 6 nitrogen and oxygen atoms in total. The van der Waals surface area contributed by atoms with Crippen LogP contribution in [0.1, 0.15) is 25.3 Å². The topological polar surface area (TPSA) is 62.2 Å². The molecule has 1 aromatic carbocycles. The number of hydrogen-bond donors (Lipinski definition) is 1. The Morgan fingerprint density at radius 2 is 2.21 bits per heavy atom. The van der Waals surface area contributed by atoms with Crippen LogP contribution >= 0.6 is 0 Å². The van der Waals surface area contributed by atoms with Gasteiger partial charge in [0, 0.05) is 31.6 Å². The zero-order valence-corrected chi connectivity index (χ0v) is 16.5. The van der Waals surface area contributed by atoms with Crippen LogP contribution in [0.4, 0.5) is 5.69 Å². The lowest BCUT2D eigenvalue weighted by Crippen LogP contribution is -2.79. The van der Waals surface area contributed by atoms with Gasteiger partial charge in [-0.3, -0.25) is 9.69 Å². The van der Waals surface area contributed by atoms with Gasteiger partial charge in [-0.25, -0.2) is 0 Å². The molecule has 5 aliphatic rings. The van der Waals surface area contributed by atoms with Gasteiger partial charge in [-0.05, 0) is 25.0 Å². The van der Waals surface area contributed by atoms with E-state index in [4.69, 9.17) is 9.47 Å². The van der Waals surface area contributed by atoms with E-state index < -0.39 is 16.6 Å². The average Bonchev–Trinajstić information content (AvgIpc) is 3.33. The second-order valence-electron chi connectivity index (χ2n) is 8.92. The predicted octanol–water partition coefficient (Wildman–Crippen LogP) is 1.63. The van der Waals surface area contributed by atoms with Gasteiger partial charge in [0.1, 0.15) is 11.6 Å². The van der Waals surface area contributed by atoms with Gasteiger partial charge in [0.2, 0.25) is 0 Å². The second kappa shape index (κ2) is 4.99. The molecule has 1 saturated carbocycles. The summed E-state index contributed by atoms with van der Waals surface area (Å²) in [6.07, 6.45) is 3.58. The third kappa shape index (κ3) is 1.34. The largest absolute Gasteiger partial charge is 0.468 e. The van der Waals surface area contributed by atoms with E-state index in [1.165, 1.54) is 12.7 Å². The summed E-state index contributed by atoms with van der Waals surface area (Å²) in [4.78, 5) is 18.3. The molecule has 0 amide bonds. The molecule has 4 aliphatic heterocycles. The fourth-order valence-electron chi connectivity index (χ4n) is 7.79. The number of aliphatic hydroxyl groups is 1. The molecule has 28 heavy (non-hydrogen) atoms. The van der Waals surface area contributed by atoms with E-state index in [0.29, 0.717) is 6.42 Å². The molecule has 6 atom stereocenters. The van der Waals surface area contributed by atoms with Crippen LogP contribution < -0.4 is 4.90 Å². The monoisotopic (exact) mass is 382 g/mol. The molecular weight excluding hydrogens is 356 g/mol. The molecule has 3 saturated heterocycles. The van der Waals surface area contributed by atoms with Crippen molar-refractivity contribution in [2.75, 3.05) is 32.2 Å². The third-order valence-corrected chi connectivity index (χ3v) is 8.65. The number of para-hydroxylation sites is 1. The highest BCUT2D eigenvalue weighted by molar-refractivity contribution is 5.86. The van der Waals surface area contributed by atoms with Crippen molar-refractivity contribution in [3.8, 4) is 0 Å². The SMILES string of the molecule is C/C=C1/CN2[C@@H]3C[C@@]45c6ccccc6N(C)[C@]4(O3)[C@@H]2C[C@@H]1[C@@]5(CO)C(=O)OC. The number of likely N-dealkylation sites (N-methyl/N-ethyl adjacent to an activating group) is 1. The van der Waals surface area contributed by atoms with Crippen LogP contribution in [0.2, 0.25) is 0 Å². The molecule has 6 rings (SSSR count). The van der Waals surface area contributed by atoms with E-state index in [-0.39, 0.29) is 30.8 Å². The Kier molecular flexibility index (Phi) is 3.03. The molecule has 4 heterocycles. The number of aliphatic hydroxyl groups excluding tert-OH is 1. The molecule has 4 bridgehead atoms. The van der Waals surface area contributed by atoms with Gasteiger partial charge >= 0.3 is 5.97 Å². The number of carbonyl (C=O) groups excluding carboxylic acids is 1. The standard InChI is InChI=1S/C22H26N2O4/c1-4-13-11-24-17-9-15(13)20(12-25,19(26)27-3)21-10-18(24)28-22(17,21)23(2)16-8-6-5-7-14(16)21/h4-8,15,17-18,25H,9-12H2,1-3H3/b13-4-/t15-,17-,18-,20-,21-,22-/m0/s1. The number of piperidine rings is 2. The summed E-state index contributed by atoms with van der Waals surface area (Å²) in [5.74, 6) is -0.363. The second-order valence-corrected chi connectivity index (χ2v) is 8.92. The summed E-state index contributed by atoms with van der Waals surface area (Å²) in [5, 5.41) is 11.0. The van der Waals surface area contributed by atoms with Gasteiger partial charge in [0.05, 0.1) is 25.2 Å². The zero-order valence-electron chi connectivity index (χ0n) is 16.5. The highest BCUT2D eigenvalue weighted by atomic mass is 16.6. The fourth-order valence-corrected chi connectivity index (χ4v) is 7.79. The van der Waals surface area contributed by atoms with Crippen LogP contribution in [0.5, 0.6) is 0 Å². The number of ether oxygens (including phenoxy) is 2. The number of anilines is 1. The Hall–Kier alpha value is -1.89. The molecule has 4 fully saturated rings. The van der Waals surface area contributed by atoms with Crippen LogP contribution in [-0.2, 0) is 19.7 Å². The number of hydrogen-bond acceptors (Lipinski definition) is 6. The van der Waals surface area contributed by atoms with Gasteiger partial charge in [-0.2, -0.15) is 0 Å². The van der Waals surface area contributed by atoms with Gasteiger partial charge in [0.25, 0.3) is 0 Å². The van der Waals surface area contributed by atoms with Crippen LogP contribution in [0.15, 0.2) is 35.9 Å². The van der Waals surface area contributed by atoms with Crippen LogP contribution in [0.25, 0.3) is 0 Å². The Labute approximate surface area is 164 Å². The highest BCUT2D eigenvalue weighted by Crippen LogP contribution is 2.77. The fraction of sp³-hybridized carbons (Fsp3) is 0.591. The molecule has 0 aromatic heterocycles. The van der Waals surface area contributed by atoms with Crippen molar-refractivity contribution in [2.24, 2.45) is 11.3 Å². The lowest BCUT2D eigenvalue weighted by molar-refractivity contribution is -0.194. The van der Waals surface area contributed by atoms with Crippen LogP contribution in [0.3, 0.4) is 0 Å². The van der Waals surface area contributed by atoms with Crippen molar-refractivity contribution in [1.29, 1.82) is 0 Å². The molecular formula is C22H26N2O4. The van der Waals surface area contributed by atoms with E-state index in [1.807, 2.05) is 19.1 Å². The summed E-state index contributed by atoms with van der Waals surface area (Å²) in [6.45, 7) is 2.58. The number of nitrogens with zero attached hydrogens (tertiary/aromatic N) is 2. The molecule has 148 valence electrons. The summed E-state index contributed by atoms with van der Waals surface area (Å²) >= 11 is 0. The number of carbonyl (C=O) groups is 1. The predicted molar refractivity (Wildman–Crippen MR) is 103 cm³/mol. The van der Waals surface area contributed by atoms with Crippen LogP contribution in [-0.4, -0.2) is 61.3 Å². The van der Waals surface area contributed by atoms with Crippen molar-refractivity contribution in [1.82, 2.24) is 4.90 Å². The molecule has 0 radical (unpaired) electrons. The maximum atomic E-state index is 13.6. The zero-order chi connectivity index (χ0) is 19.5. The van der Waals surface area contributed by atoms with E-state index >= 15 is 0 Å². The lowest BCUT2D eigenvalue weighted by Gasteiger charge is -2.65. The van der Waals surface area contributed by atoms with E-state index in [9.17, 15) is 9.90 Å². The number of rotatable bonds is 2. The maximum absolute atomic E-state index is 13.6. The van der Waals surface area contributed by atoms with Crippen molar-refractivity contribution in [2.45, 2.75) is 43.2 Å². The minimum atomic E-state index is -1.05. The first-order chi connectivity index (χ1) is 13.5. The number of esters is 1. The minimum Gasteiger partial charge on any atom is -0.468 e. The number of benzene rings is 1. The first-order valence-corrected chi connectivity index (χ1v) is 10.1. The lowest BCUT2D eigenvalue weighted by atomic mass is 9.42. The van der Waals surface area contributed by atoms with E-state index in [0.717, 1.165) is 24.2 Å². The van der Waals surface area contributed by atoms with Gasteiger partial charge in [0.15, 0.2) is 5.72 Å². The molecule has 6 heteroatoms. The molecule has 1 N–H and O–H groups in total. The Balaban J connectivity index is 1.76. The van der Waals surface area contributed by atoms with Gasteiger partial charge in [-0.1, -0.05) is 29.8 Å². The van der Waals surface area contributed by atoms with Gasteiger partial charge in [-0.15, -0.1) is 0 Å². The Morgan fingerprint density at radius 3 is 2.93 bits per heavy atom. The van der Waals surface area contributed by atoms with Gasteiger partial charge < -0.3 is 19.5 Å². The normalized spacial score (nSPS) is 46.2. The van der Waals surface area contributed by atoms with Crippen molar-refractivity contribution < 1.29 is 19.4 Å². The number of methoxy groups -OCH3 is 1. The van der Waals surface area contributed by atoms with Crippen molar-refractivity contribution >= 4 is 11.7 Å². The molecule has 1 aromatic rings. The van der Waals surface area contributed by atoms with Crippen molar-refractivity contribution in [3.63, 3.8) is 0 Å². The quantitative estimate of drug-likeness (QED) is 0.620. The smallest absolute Gasteiger partial charge is 0.315 e. The average molecular weight is 382 g/mol. The number of fused-ring (bicyclic) bond motifs is 4.